The van der Waals surface area contributed by atoms with Crippen molar-refractivity contribution >= 4 is 0 Å². The van der Waals surface area contributed by atoms with Gasteiger partial charge in [-0.3, -0.25) is 4.98 Å². The highest BCUT2D eigenvalue weighted by atomic mass is 19.1. The predicted molar refractivity (Wildman–Crippen MR) is 46.3 cm³/mol. The lowest BCUT2D eigenvalue weighted by Crippen LogP contribution is -2.16. The molecule has 0 spiro atoms. The highest BCUT2D eigenvalue weighted by molar-refractivity contribution is 5.09. The summed E-state index contributed by atoms with van der Waals surface area (Å²) in [5.41, 5.74) is 0.890. The van der Waals surface area contributed by atoms with Crippen LogP contribution in [0, 0.1) is 5.82 Å². The van der Waals surface area contributed by atoms with Crippen molar-refractivity contribution < 1.29 is 4.39 Å². The summed E-state index contributed by atoms with van der Waals surface area (Å²) in [7, 11) is 1.87. The fraction of sp³-hybridized carbons (Fsp3) is 0.444. The van der Waals surface area contributed by atoms with Gasteiger partial charge in [0.25, 0.3) is 0 Å². The van der Waals surface area contributed by atoms with Crippen LogP contribution in [-0.4, -0.2) is 12.0 Å². The summed E-state index contributed by atoms with van der Waals surface area (Å²) in [6.07, 6.45) is 2.20. The minimum absolute atomic E-state index is 0.227. The highest BCUT2D eigenvalue weighted by Gasteiger charge is 2.06. The second-order valence-electron chi connectivity index (χ2n) is 2.65. The molecule has 1 aromatic rings. The molecule has 1 atom stereocenters. The zero-order chi connectivity index (χ0) is 8.97. The molecule has 12 heavy (non-hydrogen) atoms. The van der Waals surface area contributed by atoms with Crippen LogP contribution in [0.25, 0.3) is 0 Å². The molecule has 66 valence electrons. The molecule has 3 heteroatoms. The van der Waals surface area contributed by atoms with Gasteiger partial charge in [0.15, 0.2) is 0 Å². The zero-order valence-electron chi connectivity index (χ0n) is 7.34. The molecule has 1 heterocycles. The topological polar surface area (TPSA) is 24.9 Å². The van der Waals surface area contributed by atoms with Crippen LogP contribution in [0.5, 0.6) is 0 Å². The van der Waals surface area contributed by atoms with Crippen molar-refractivity contribution in [2.45, 2.75) is 19.4 Å². The maximum Gasteiger partial charge on any atom is 0.141 e. The van der Waals surface area contributed by atoms with E-state index in [9.17, 15) is 4.39 Å². The van der Waals surface area contributed by atoms with Crippen molar-refractivity contribution in [2.24, 2.45) is 0 Å². The fourth-order valence-corrected chi connectivity index (χ4v) is 1.15. The van der Waals surface area contributed by atoms with Crippen molar-refractivity contribution in [1.82, 2.24) is 10.3 Å². The van der Waals surface area contributed by atoms with Crippen molar-refractivity contribution in [2.75, 3.05) is 7.05 Å². The molecule has 0 fully saturated rings. The van der Waals surface area contributed by atoms with Crippen LogP contribution in [0.15, 0.2) is 18.3 Å². The fourth-order valence-electron chi connectivity index (χ4n) is 1.15. The van der Waals surface area contributed by atoms with Crippen molar-refractivity contribution in [3.63, 3.8) is 0 Å². The summed E-state index contributed by atoms with van der Waals surface area (Å²) < 4.78 is 12.5. The molecule has 1 unspecified atom stereocenters. The van der Waals surface area contributed by atoms with Gasteiger partial charge in [0.05, 0.1) is 11.9 Å². The van der Waals surface area contributed by atoms with E-state index in [0.717, 1.165) is 12.1 Å². The molecule has 0 aromatic carbocycles. The van der Waals surface area contributed by atoms with Gasteiger partial charge in [-0.25, -0.2) is 4.39 Å². The van der Waals surface area contributed by atoms with E-state index < -0.39 is 0 Å². The smallest absolute Gasteiger partial charge is 0.141 e. The quantitative estimate of drug-likeness (QED) is 0.745. The van der Waals surface area contributed by atoms with Gasteiger partial charge in [0.1, 0.15) is 5.82 Å². The van der Waals surface area contributed by atoms with Crippen molar-refractivity contribution in [1.29, 1.82) is 0 Å². The molecule has 0 saturated carbocycles. The Labute approximate surface area is 71.8 Å². The van der Waals surface area contributed by atoms with E-state index in [1.54, 1.807) is 6.07 Å². The Hall–Kier alpha value is -0.960. The lowest BCUT2D eigenvalue weighted by atomic mass is 10.1. The Bertz CT molecular complexity index is 229. The SMILES string of the molecule is CCC(NC)c1ccc(F)cn1. The Morgan fingerprint density at radius 1 is 1.58 bits per heavy atom. The van der Waals surface area contributed by atoms with Crippen LogP contribution in [0.1, 0.15) is 25.1 Å². The third-order valence-corrected chi connectivity index (χ3v) is 1.86. The second kappa shape index (κ2) is 4.16. The molecule has 0 aliphatic heterocycles. The third kappa shape index (κ3) is 2.01. The highest BCUT2D eigenvalue weighted by Crippen LogP contribution is 2.12. The maximum absolute atomic E-state index is 12.5. The summed E-state index contributed by atoms with van der Waals surface area (Å²) in [6, 6.07) is 3.37. The lowest BCUT2D eigenvalue weighted by molar-refractivity contribution is 0.553. The molecule has 0 amide bonds. The summed E-state index contributed by atoms with van der Waals surface area (Å²) in [6.45, 7) is 2.06. The Kier molecular flexibility index (Phi) is 3.17. The number of nitrogens with zero attached hydrogens (tertiary/aromatic N) is 1. The minimum Gasteiger partial charge on any atom is -0.312 e. The van der Waals surface area contributed by atoms with Crippen LogP contribution in [0.4, 0.5) is 4.39 Å². The molecule has 0 bridgehead atoms. The molecule has 1 rings (SSSR count). The van der Waals surface area contributed by atoms with E-state index in [2.05, 4.69) is 17.2 Å². The Balaban J connectivity index is 2.80. The van der Waals surface area contributed by atoms with Gasteiger partial charge in [-0.1, -0.05) is 6.92 Å². The molecule has 0 aliphatic rings. The van der Waals surface area contributed by atoms with E-state index >= 15 is 0 Å². The Morgan fingerprint density at radius 3 is 2.75 bits per heavy atom. The van der Waals surface area contributed by atoms with Gasteiger partial charge >= 0.3 is 0 Å². The van der Waals surface area contributed by atoms with Gasteiger partial charge in [-0.15, -0.1) is 0 Å². The first-order valence-corrected chi connectivity index (χ1v) is 4.06. The summed E-state index contributed by atoms with van der Waals surface area (Å²) in [5.74, 6) is -0.287. The van der Waals surface area contributed by atoms with Crippen LogP contribution < -0.4 is 5.32 Å². The van der Waals surface area contributed by atoms with E-state index in [1.807, 2.05) is 7.05 Å². The Morgan fingerprint density at radius 2 is 2.33 bits per heavy atom. The standard InChI is InChI=1S/C9H13FN2/c1-3-8(11-2)9-5-4-7(10)6-12-9/h4-6,8,11H,3H2,1-2H3. The number of nitrogens with one attached hydrogen (secondary N) is 1. The first-order valence-electron chi connectivity index (χ1n) is 4.06. The van der Waals surface area contributed by atoms with Crippen LogP contribution >= 0.6 is 0 Å². The number of pyridine rings is 1. The summed E-state index contributed by atoms with van der Waals surface area (Å²) in [5, 5.41) is 3.10. The van der Waals surface area contributed by atoms with Gasteiger partial charge < -0.3 is 5.32 Å². The molecular weight excluding hydrogens is 155 g/mol. The maximum atomic E-state index is 12.5. The second-order valence-corrected chi connectivity index (χ2v) is 2.65. The van der Waals surface area contributed by atoms with E-state index in [-0.39, 0.29) is 11.9 Å². The number of rotatable bonds is 3. The average Bonchev–Trinajstić information content (AvgIpc) is 2.10. The average molecular weight is 168 g/mol. The van der Waals surface area contributed by atoms with Gasteiger partial charge in [0, 0.05) is 6.04 Å². The molecule has 0 aliphatic carbocycles. The first kappa shape index (κ1) is 9.13. The number of halogens is 1. The van der Waals surface area contributed by atoms with Gasteiger partial charge in [-0.2, -0.15) is 0 Å². The van der Waals surface area contributed by atoms with Crippen LogP contribution in [-0.2, 0) is 0 Å². The van der Waals surface area contributed by atoms with Crippen LogP contribution in [0.2, 0.25) is 0 Å². The molecule has 2 nitrogen and oxygen atoms in total. The van der Waals surface area contributed by atoms with E-state index in [0.29, 0.717) is 0 Å². The number of hydrogen-bond acceptors (Lipinski definition) is 2. The summed E-state index contributed by atoms with van der Waals surface area (Å²) >= 11 is 0. The van der Waals surface area contributed by atoms with Crippen molar-refractivity contribution in [3.05, 3.63) is 29.8 Å². The molecule has 1 N–H and O–H groups in total. The first-order chi connectivity index (χ1) is 5.77. The molecule has 1 aromatic heterocycles. The van der Waals surface area contributed by atoms with E-state index in [1.165, 1.54) is 12.3 Å². The zero-order valence-corrected chi connectivity index (χ0v) is 7.34. The van der Waals surface area contributed by atoms with Crippen molar-refractivity contribution in [3.8, 4) is 0 Å². The number of hydrogen-bond donors (Lipinski definition) is 1. The molecular formula is C9H13FN2. The monoisotopic (exact) mass is 168 g/mol. The largest absolute Gasteiger partial charge is 0.312 e. The van der Waals surface area contributed by atoms with Gasteiger partial charge in [0.2, 0.25) is 0 Å². The van der Waals surface area contributed by atoms with Crippen LogP contribution in [0.3, 0.4) is 0 Å². The number of aromatic nitrogens is 1. The minimum atomic E-state index is -0.287. The predicted octanol–water partition coefficient (Wildman–Crippen LogP) is 1.89. The normalized spacial score (nSPS) is 12.9. The van der Waals surface area contributed by atoms with E-state index in [4.69, 9.17) is 0 Å². The summed E-state index contributed by atoms with van der Waals surface area (Å²) in [4.78, 5) is 3.98. The van der Waals surface area contributed by atoms with Gasteiger partial charge in [-0.05, 0) is 25.6 Å². The third-order valence-electron chi connectivity index (χ3n) is 1.86. The molecule has 0 saturated heterocycles. The lowest BCUT2D eigenvalue weighted by Gasteiger charge is -2.12. The molecule has 0 radical (unpaired) electrons.